The number of alkyl halides is 3. The maximum Gasteiger partial charge on any atom is 0.389 e. The molecular formula is C20H37F3O2. The van der Waals surface area contributed by atoms with Crippen molar-refractivity contribution in [2.24, 2.45) is 0 Å². The van der Waals surface area contributed by atoms with Crippen molar-refractivity contribution in [3.63, 3.8) is 0 Å². The van der Waals surface area contributed by atoms with Gasteiger partial charge >= 0.3 is 6.18 Å². The molecule has 0 aromatic heterocycles. The van der Waals surface area contributed by atoms with E-state index in [0.29, 0.717) is 18.9 Å². The second-order valence-electron chi connectivity index (χ2n) is 7.32. The van der Waals surface area contributed by atoms with Gasteiger partial charge in [-0.05, 0) is 25.7 Å². The third-order valence-corrected chi connectivity index (χ3v) is 4.83. The van der Waals surface area contributed by atoms with Crippen LogP contribution in [0.25, 0.3) is 0 Å². The predicted octanol–water partition coefficient (Wildman–Crippen LogP) is 6.82. The van der Waals surface area contributed by atoms with Crippen molar-refractivity contribution in [2.75, 3.05) is 19.8 Å². The summed E-state index contributed by atoms with van der Waals surface area (Å²) in [7, 11) is 0. The summed E-state index contributed by atoms with van der Waals surface area (Å²) in [4.78, 5) is 0. The molecule has 0 aromatic rings. The molecular weight excluding hydrogens is 329 g/mol. The molecule has 150 valence electrons. The Morgan fingerprint density at radius 1 is 0.760 bits per heavy atom. The smallest absolute Gasteiger partial charge is 0.379 e. The highest BCUT2D eigenvalue weighted by atomic mass is 19.4. The first-order valence-corrected chi connectivity index (χ1v) is 10.3. The zero-order valence-corrected chi connectivity index (χ0v) is 15.8. The Kier molecular flexibility index (Phi) is 13.5. The molecule has 25 heavy (non-hydrogen) atoms. The van der Waals surface area contributed by atoms with Gasteiger partial charge in [0.2, 0.25) is 0 Å². The highest BCUT2D eigenvalue weighted by Crippen LogP contribution is 2.23. The van der Waals surface area contributed by atoms with Gasteiger partial charge in [0.15, 0.2) is 0 Å². The molecule has 0 saturated carbocycles. The minimum Gasteiger partial charge on any atom is -0.379 e. The van der Waals surface area contributed by atoms with Gasteiger partial charge in [-0.3, -0.25) is 0 Å². The first-order valence-electron chi connectivity index (χ1n) is 10.3. The Labute approximate surface area is 151 Å². The first-order chi connectivity index (χ1) is 12.1. The lowest BCUT2D eigenvalue weighted by molar-refractivity contribution is -0.135. The van der Waals surface area contributed by atoms with Gasteiger partial charge in [-0.1, -0.05) is 64.2 Å². The Hall–Kier alpha value is -0.290. The van der Waals surface area contributed by atoms with Crippen LogP contribution in [0, 0.1) is 0 Å². The second-order valence-corrected chi connectivity index (χ2v) is 7.32. The summed E-state index contributed by atoms with van der Waals surface area (Å²) in [6.07, 6.45) is 11.0. The van der Waals surface area contributed by atoms with Gasteiger partial charge in [-0.2, -0.15) is 13.2 Å². The number of hydrogen-bond acceptors (Lipinski definition) is 2. The van der Waals surface area contributed by atoms with Crippen LogP contribution in [0.5, 0.6) is 0 Å². The van der Waals surface area contributed by atoms with Crippen molar-refractivity contribution < 1.29 is 22.6 Å². The SMILES string of the molecule is FC(F)(F)CCCCCCCCCCCCCCOCC1CCCO1. The summed E-state index contributed by atoms with van der Waals surface area (Å²) in [6.45, 7) is 2.51. The monoisotopic (exact) mass is 366 g/mol. The average molecular weight is 367 g/mol. The van der Waals surface area contributed by atoms with Crippen molar-refractivity contribution in [1.29, 1.82) is 0 Å². The van der Waals surface area contributed by atoms with E-state index in [-0.39, 0.29) is 0 Å². The topological polar surface area (TPSA) is 18.5 Å². The standard InChI is InChI=1S/C20H37F3O2/c21-20(22,23)15-11-9-7-5-3-1-2-4-6-8-10-12-16-24-18-19-14-13-17-25-19/h19H,1-18H2. The van der Waals surface area contributed by atoms with Gasteiger partial charge in [0.25, 0.3) is 0 Å². The van der Waals surface area contributed by atoms with Gasteiger partial charge < -0.3 is 9.47 Å². The van der Waals surface area contributed by atoms with Gasteiger partial charge in [0, 0.05) is 19.6 Å². The Balaban J connectivity index is 1.66. The maximum absolute atomic E-state index is 12.0. The largest absolute Gasteiger partial charge is 0.389 e. The molecule has 0 aromatic carbocycles. The quantitative estimate of drug-likeness (QED) is 0.279. The van der Waals surface area contributed by atoms with Crippen molar-refractivity contribution in [2.45, 2.75) is 109 Å². The third-order valence-electron chi connectivity index (χ3n) is 4.83. The molecule has 1 saturated heterocycles. The van der Waals surface area contributed by atoms with E-state index in [1.165, 1.54) is 51.4 Å². The Bertz CT molecular complexity index is 289. The molecule has 2 nitrogen and oxygen atoms in total. The predicted molar refractivity (Wildman–Crippen MR) is 95.9 cm³/mol. The third kappa shape index (κ3) is 15.7. The van der Waals surface area contributed by atoms with Crippen LogP contribution in [-0.2, 0) is 9.47 Å². The summed E-state index contributed by atoms with van der Waals surface area (Å²) in [5.41, 5.74) is 0. The van der Waals surface area contributed by atoms with Gasteiger partial charge in [0.1, 0.15) is 0 Å². The summed E-state index contributed by atoms with van der Waals surface area (Å²) in [5, 5.41) is 0. The van der Waals surface area contributed by atoms with E-state index in [1.807, 2.05) is 0 Å². The molecule has 0 N–H and O–H groups in total. The molecule has 0 radical (unpaired) electrons. The van der Waals surface area contributed by atoms with Crippen molar-refractivity contribution in [1.82, 2.24) is 0 Å². The lowest BCUT2D eigenvalue weighted by Crippen LogP contribution is -2.14. The van der Waals surface area contributed by atoms with Crippen LogP contribution in [0.4, 0.5) is 13.2 Å². The summed E-state index contributed by atoms with van der Waals surface area (Å²) < 4.78 is 47.1. The van der Waals surface area contributed by atoms with Crippen molar-refractivity contribution in [3.8, 4) is 0 Å². The van der Waals surface area contributed by atoms with E-state index in [1.54, 1.807) is 0 Å². The van der Waals surface area contributed by atoms with E-state index >= 15 is 0 Å². The zero-order chi connectivity index (χ0) is 18.2. The van der Waals surface area contributed by atoms with E-state index in [0.717, 1.165) is 45.5 Å². The molecule has 0 amide bonds. The number of hydrogen-bond donors (Lipinski definition) is 0. The van der Waals surface area contributed by atoms with Crippen molar-refractivity contribution >= 4 is 0 Å². The highest BCUT2D eigenvalue weighted by molar-refractivity contribution is 4.63. The van der Waals surface area contributed by atoms with Crippen LogP contribution < -0.4 is 0 Å². The number of ether oxygens (including phenoxy) is 2. The van der Waals surface area contributed by atoms with Crippen LogP contribution in [0.2, 0.25) is 0 Å². The van der Waals surface area contributed by atoms with E-state index in [4.69, 9.17) is 9.47 Å². The fourth-order valence-corrected chi connectivity index (χ4v) is 3.29. The van der Waals surface area contributed by atoms with Crippen LogP contribution in [0.15, 0.2) is 0 Å². The number of halogens is 3. The lowest BCUT2D eigenvalue weighted by Gasteiger charge is -2.09. The van der Waals surface area contributed by atoms with Crippen LogP contribution in [0.3, 0.4) is 0 Å². The average Bonchev–Trinajstić information content (AvgIpc) is 3.07. The minimum absolute atomic E-state index is 0.293. The highest BCUT2D eigenvalue weighted by Gasteiger charge is 2.25. The molecule has 0 bridgehead atoms. The van der Waals surface area contributed by atoms with Crippen LogP contribution in [0.1, 0.15) is 96.3 Å². The fourth-order valence-electron chi connectivity index (χ4n) is 3.29. The lowest BCUT2D eigenvalue weighted by atomic mass is 10.0. The normalized spacial score (nSPS) is 18.1. The molecule has 0 spiro atoms. The van der Waals surface area contributed by atoms with Gasteiger partial charge in [0.05, 0.1) is 12.7 Å². The van der Waals surface area contributed by atoms with Crippen molar-refractivity contribution in [3.05, 3.63) is 0 Å². The minimum atomic E-state index is -3.98. The second kappa shape index (κ2) is 14.8. The molecule has 1 aliphatic heterocycles. The van der Waals surface area contributed by atoms with E-state index in [2.05, 4.69) is 0 Å². The number of rotatable bonds is 16. The van der Waals surface area contributed by atoms with Crippen LogP contribution in [-0.4, -0.2) is 32.1 Å². The summed E-state index contributed by atoms with van der Waals surface area (Å²) in [6, 6.07) is 0. The molecule has 1 unspecified atom stereocenters. The Morgan fingerprint density at radius 3 is 1.76 bits per heavy atom. The maximum atomic E-state index is 12.0. The van der Waals surface area contributed by atoms with E-state index < -0.39 is 12.6 Å². The Morgan fingerprint density at radius 2 is 1.28 bits per heavy atom. The van der Waals surface area contributed by atoms with Gasteiger partial charge in [-0.25, -0.2) is 0 Å². The summed E-state index contributed by atoms with van der Waals surface area (Å²) in [5.74, 6) is 0. The molecule has 1 atom stereocenters. The first kappa shape index (κ1) is 22.8. The summed E-state index contributed by atoms with van der Waals surface area (Å²) >= 11 is 0. The van der Waals surface area contributed by atoms with Crippen LogP contribution >= 0.6 is 0 Å². The fraction of sp³-hybridized carbons (Fsp3) is 1.00. The molecule has 5 heteroatoms. The molecule has 1 heterocycles. The molecule has 1 aliphatic rings. The molecule has 1 rings (SSSR count). The van der Waals surface area contributed by atoms with Gasteiger partial charge in [-0.15, -0.1) is 0 Å². The zero-order valence-electron chi connectivity index (χ0n) is 15.8. The van der Waals surface area contributed by atoms with E-state index in [9.17, 15) is 13.2 Å². The molecule has 1 fully saturated rings. The molecule has 0 aliphatic carbocycles. The number of unbranched alkanes of at least 4 members (excludes halogenated alkanes) is 11.